The van der Waals surface area contributed by atoms with E-state index in [-0.39, 0.29) is 23.0 Å². The van der Waals surface area contributed by atoms with Crippen molar-refractivity contribution in [1.29, 1.82) is 0 Å². The van der Waals surface area contributed by atoms with Crippen LogP contribution in [-0.2, 0) is 14.6 Å². The number of sulfone groups is 1. The number of aromatic nitrogens is 2. The normalized spacial score (nSPS) is 13.8. The molecule has 0 saturated heterocycles. The maximum Gasteiger partial charge on any atom is 0.279 e. The molecule has 3 aromatic carbocycles. The molecule has 0 bridgehead atoms. The summed E-state index contributed by atoms with van der Waals surface area (Å²) < 4.78 is 26.1. The van der Waals surface area contributed by atoms with Gasteiger partial charge in [-0.15, -0.1) is 0 Å². The number of carbonyl (C=O) groups is 2. The fourth-order valence-electron chi connectivity index (χ4n) is 4.38. The summed E-state index contributed by atoms with van der Waals surface area (Å²) in [6.45, 7) is 1.49. The van der Waals surface area contributed by atoms with Gasteiger partial charge in [0.15, 0.2) is 21.3 Å². The van der Waals surface area contributed by atoms with Crippen LogP contribution in [0.1, 0.15) is 16.3 Å². The maximum atomic E-state index is 13.8. The first-order valence-corrected chi connectivity index (χ1v) is 13.5. The summed E-state index contributed by atoms with van der Waals surface area (Å²) in [7, 11) is -3.45. The van der Waals surface area contributed by atoms with Crippen LogP contribution in [0.2, 0.25) is 5.02 Å². The molecule has 1 aliphatic rings. The Kier molecular flexibility index (Phi) is 6.01. The third kappa shape index (κ3) is 4.45. The predicted molar refractivity (Wildman–Crippen MR) is 143 cm³/mol. The fourth-order valence-corrected chi connectivity index (χ4v) is 5.40. The number of hydrogen-bond donors (Lipinski definition) is 2. The van der Waals surface area contributed by atoms with Crippen LogP contribution in [0, 0.1) is 6.92 Å². The van der Waals surface area contributed by atoms with E-state index in [2.05, 4.69) is 10.3 Å². The van der Waals surface area contributed by atoms with Crippen LogP contribution in [0.25, 0.3) is 16.8 Å². The minimum Gasteiger partial charge on any atom is -0.397 e. The van der Waals surface area contributed by atoms with E-state index >= 15 is 0 Å². The number of imidazole rings is 1. The summed E-state index contributed by atoms with van der Waals surface area (Å²) in [6.07, 6.45) is 1.16. The Morgan fingerprint density at radius 3 is 2.35 bits per heavy atom. The Bertz CT molecular complexity index is 1680. The van der Waals surface area contributed by atoms with Crippen LogP contribution in [0.15, 0.2) is 71.6 Å². The van der Waals surface area contributed by atoms with Gasteiger partial charge in [-0.3, -0.25) is 19.1 Å². The fraction of sp³-hybridized carbons (Fsp3) is 0.115. The van der Waals surface area contributed by atoms with Gasteiger partial charge in [0.2, 0.25) is 5.91 Å². The number of aryl methyl sites for hydroxylation is 1. The molecule has 5 rings (SSSR count). The number of benzene rings is 3. The van der Waals surface area contributed by atoms with E-state index in [9.17, 15) is 18.0 Å². The van der Waals surface area contributed by atoms with Crippen molar-refractivity contribution in [1.82, 2.24) is 9.55 Å². The van der Waals surface area contributed by atoms with E-state index in [1.807, 2.05) is 0 Å². The Morgan fingerprint density at radius 2 is 1.68 bits per heavy atom. The molecule has 0 fully saturated rings. The van der Waals surface area contributed by atoms with Crippen molar-refractivity contribution < 1.29 is 18.0 Å². The number of carbonyl (C=O) groups excluding carboxylic acids is 2. The van der Waals surface area contributed by atoms with Gasteiger partial charge < -0.3 is 11.1 Å². The number of rotatable bonds is 4. The lowest BCUT2D eigenvalue weighted by atomic mass is 10.1. The van der Waals surface area contributed by atoms with Crippen LogP contribution in [0.4, 0.5) is 17.2 Å². The third-order valence-electron chi connectivity index (χ3n) is 6.07. The highest BCUT2D eigenvalue weighted by Crippen LogP contribution is 2.32. The molecule has 3 N–H and O–H groups in total. The molecule has 37 heavy (non-hydrogen) atoms. The van der Waals surface area contributed by atoms with Crippen molar-refractivity contribution in [2.45, 2.75) is 11.8 Å². The highest BCUT2D eigenvalue weighted by atomic mass is 35.5. The Hall–Kier alpha value is -4.15. The smallest absolute Gasteiger partial charge is 0.279 e. The summed E-state index contributed by atoms with van der Waals surface area (Å²) in [5, 5.41) is 3.09. The average molecular weight is 536 g/mol. The van der Waals surface area contributed by atoms with Crippen LogP contribution in [0.5, 0.6) is 0 Å². The summed E-state index contributed by atoms with van der Waals surface area (Å²) in [5.41, 5.74) is 8.76. The van der Waals surface area contributed by atoms with Crippen LogP contribution < -0.4 is 16.0 Å². The van der Waals surface area contributed by atoms with Crippen LogP contribution >= 0.6 is 11.6 Å². The van der Waals surface area contributed by atoms with Gasteiger partial charge in [0, 0.05) is 23.2 Å². The maximum absolute atomic E-state index is 13.8. The number of amides is 2. The lowest BCUT2D eigenvalue weighted by molar-refractivity contribution is -0.114. The highest BCUT2D eigenvalue weighted by Gasteiger charge is 2.33. The van der Waals surface area contributed by atoms with E-state index in [0.717, 1.165) is 6.26 Å². The number of nitrogens with zero attached hydrogens (tertiary/aromatic N) is 3. The van der Waals surface area contributed by atoms with Gasteiger partial charge in [-0.05, 0) is 48.9 Å². The minimum absolute atomic E-state index is 0.155. The van der Waals surface area contributed by atoms with Crippen LogP contribution in [-0.4, -0.2) is 42.6 Å². The monoisotopic (exact) mass is 535 g/mol. The number of fused-ring (bicyclic) bond motifs is 1. The largest absolute Gasteiger partial charge is 0.397 e. The Labute approximate surface area is 218 Å². The molecule has 0 radical (unpaired) electrons. The average Bonchev–Trinajstić information content (AvgIpc) is 3.12. The van der Waals surface area contributed by atoms with Crippen molar-refractivity contribution in [3.63, 3.8) is 0 Å². The Morgan fingerprint density at radius 1 is 1.00 bits per heavy atom. The van der Waals surface area contributed by atoms with E-state index < -0.39 is 21.7 Å². The molecule has 11 heteroatoms. The summed E-state index contributed by atoms with van der Waals surface area (Å²) in [4.78, 5) is 32.5. The molecule has 0 saturated carbocycles. The standard InChI is InChI=1S/C26H22ClN5O4S/c1-15-29-25-24(32(15)18-11-12-20(27)21(28)13-18)26(34)31(14-23(33)30-25)17-9-7-16(8-10-17)19-5-3-4-6-22(19)37(2,35)36/h3-13H,14,28H2,1-2H3,(H,30,33). The van der Waals surface area contributed by atoms with Crippen LogP contribution in [0.3, 0.4) is 0 Å². The van der Waals surface area contributed by atoms with Gasteiger partial charge >= 0.3 is 0 Å². The molecule has 188 valence electrons. The Balaban J connectivity index is 1.57. The van der Waals surface area contributed by atoms with E-state index in [4.69, 9.17) is 17.3 Å². The SMILES string of the molecule is Cc1nc2c(n1-c1ccc(Cl)c(N)c1)C(=O)N(c1ccc(-c3ccccc3S(C)(=O)=O)cc1)CC(=O)N2. The molecule has 2 amide bonds. The van der Waals surface area contributed by atoms with Gasteiger partial charge in [0.1, 0.15) is 12.4 Å². The minimum atomic E-state index is -3.45. The molecule has 0 atom stereocenters. The van der Waals surface area contributed by atoms with Crippen molar-refractivity contribution in [2.75, 3.05) is 28.8 Å². The van der Waals surface area contributed by atoms with Crippen molar-refractivity contribution in [3.8, 4) is 16.8 Å². The summed E-state index contributed by atoms with van der Waals surface area (Å²) >= 11 is 6.08. The molecule has 4 aromatic rings. The first-order chi connectivity index (χ1) is 17.5. The summed E-state index contributed by atoms with van der Waals surface area (Å²) in [5.74, 6) is -0.206. The van der Waals surface area contributed by atoms with Gasteiger partial charge in [-0.1, -0.05) is 41.9 Å². The molecule has 1 aliphatic heterocycles. The van der Waals surface area contributed by atoms with Gasteiger partial charge in [-0.25, -0.2) is 13.4 Å². The lowest BCUT2D eigenvalue weighted by Gasteiger charge is -2.21. The zero-order valence-corrected chi connectivity index (χ0v) is 21.5. The first kappa shape index (κ1) is 24.5. The molecular weight excluding hydrogens is 514 g/mol. The molecule has 1 aromatic heterocycles. The van der Waals surface area contributed by atoms with E-state index in [1.165, 1.54) is 4.90 Å². The lowest BCUT2D eigenvalue weighted by Crippen LogP contribution is -2.36. The molecule has 0 unspecified atom stereocenters. The molecule has 0 aliphatic carbocycles. The van der Waals surface area contributed by atoms with Gasteiger partial charge in [0.25, 0.3) is 5.91 Å². The predicted octanol–water partition coefficient (Wildman–Crippen LogP) is 4.09. The first-order valence-electron chi connectivity index (χ1n) is 11.2. The molecule has 2 heterocycles. The highest BCUT2D eigenvalue weighted by molar-refractivity contribution is 7.90. The molecule has 9 nitrogen and oxygen atoms in total. The second-order valence-electron chi connectivity index (χ2n) is 8.65. The van der Waals surface area contributed by atoms with Crippen molar-refractivity contribution >= 4 is 50.4 Å². The number of nitrogens with one attached hydrogen (secondary N) is 1. The summed E-state index contributed by atoms with van der Waals surface area (Å²) in [6, 6.07) is 18.5. The van der Waals surface area contributed by atoms with Gasteiger partial charge in [-0.2, -0.15) is 0 Å². The zero-order valence-electron chi connectivity index (χ0n) is 19.9. The number of halogens is 1. The third-order valence-corrected chi connectivity index (χ3v) is 7.57. The quantitative estimate of drug-likeness (QED) is 0.379. The zero-order chi connectivity index (χ0) is 26.5. The number of anilines is 3. The number of hydrogen-bond acceptors (Lipinski definition) is 6. The topological polar surface area (TPSA) is 127 Å². The van der Waals surface area contributed by atoms with Crippen molar-refractivity contribution in [3.05, 3.63) is 83.3 Å². The number of nitrogen functional groups attached to an aromatic ring is 1. The second kappa shape index (κ2) is 9.06. The second-order valence-corrected chi connectivity index (χ2v) is 11.0. The van der Waals surface area contributed by atoms with E-state index in [1.54, 1.807) is 78.2 Å². The number of nitrogens with two attached hydrogens (primary N) is 1. The van der Waals surface area contributed by atoms with E-state index in [0.29, 0.717) is 39.0 Å². The molecule has 0 spiro atoms. The molecular formula is C26H22ClN5O4S. The van der Waals surface area contributed by atoms with Crippen molar-refractivity contribution in [2.24, 2.45) is 0 Å². The van der Waals surface area contributed by atoms with Gasteiger partial charge in [0.05, 0.1) is 15.6 Å².